The molecule has 6 nitrogen and oxygen atoms in total. The molecule has 0 unspecified atom stereocenters. The number of morpholine rings is 1. The maximum Gasteiger partial charge on any atom is 0.225 e. The van der Waals surface area contributed by atoms with Gasteiger partial charge in [0.25, 0.3) is 0 Å². The molecular formula is C17H26N4O2. The smallest absolute Gasteiger partial charge is 0.225 e. The quantitative estimate of drug-likeness (QED) is 0.820. The molecule has 126 valence electrons. The summed E-state index contributed by atoms with van der Waals surface area (Å²) in [5.74, 6) is 1.09. The van der Waals surface area contributed by atoms with Crippen LogP contribution >= 0.6 is 0 Å². The van der Waals surface area contributed by atoms with E-state index in [0.29, 0.717) is 0 Å². The molecule has 1 aromatic heterocycles. The van der Waals surface area contributed by atoms with E-state index in [9.17, 15) is 4.79 Å². The molecule has 0 radical (unpaired) electrons. The van der Waals surface area contributed by atoms with E-state index in [1.165, 1.54) is 5.56 Å². The van der Waals surface area contributed by atoms with E-state index >= 15 is 0 Å². The lowest BCUT2D eigenvalue weighted by molar-refractivity contribution is -0.134. The molecule has 1 aromatic rings. The van der Waals surface area contributed by atoms with Gasteiger partial charge in [-0.1, -0.05) is 13.8 Å². The number of nitrogens with zero attached hydrogens (tertiary/aromatic N) is 4. The van der Waals surface area contributed by atoms with E-state index in [1.807, 2.05) is 18.7 Å². The van der Waals surface area contributed by atoms with Crippen LogP contribution in [0, 0.1) is 12.8 Å². The van der Waals surface area contributed by atoms with E-state index < -0.39 is 0 Å². The molecule has 3 heterocycles. The first-order valence-corrected chi connectivity index (χ1v) is 8.54. The first-order valence-electron chi connectivity index (χ1n) is 8.54. The van der Waals surface area contributed by atoms with Gasteiger partial charge in [-0.25, -0.2) is 9.97 Å². The Balaban J connectivity index is 1.81. The summed E-state index contributed by atoms with van der Waals surface area (Å²) in [6.07, 6.45) is 1.66. The minimum absolute atomic E-state index is 0.0484. The number of rotatable bonds is 2. The van der Waals surface area contributed by atoms with E-state index in [0.717, 1.165) is 69.6 Å². The largest absolute Gasteiger partial charge is 0.378 e. The second kappa shape index (κ2) is 6.83. The average Bonchev–Trinajstić information content (AvgIpc) is 2.78. The van der Waals surface area contributed by atoms with Crippen LogP contribution in [0.5, 0.6) is 0 Å². The Morgan fingerprint density at radius 1 is 1.09 bits per heavy atom. The summed E-state index contributed by atoms with van der Waals surface area (Å²) in [4.78, 5) is 26.0. The van der Waals surface area contributed by atoms with Gasteiger partial charge in [-0.2, -0.15) is 0 Å². The third-order valence-electron chi connectivity index (χ3n) is 4.64. The minimum atomic E-state index is 0.0484. The molecule has 0 bridgehead atoms. The number of ether oxygens (including phenoxy) is 1. The zero-order chi connectivity index (χ0) is 16.4. The standard InChI is InChI=1S/C17H26N4O2/c1-12(2)16(22)20-6-4-14-13(3)18-17(19-15(14)5-7-20)21-8-10-23-11-9-21/h12H,4-11H2,1-3H3. The molecule has 0 aromatic carbocycles. The Kier molecular flexibility index (Phi) is 4.80. The monoisotopic (exact) mass is 318 g/mol. The number of anilines is 1. The molecule has 0 N–H and O–H groups in total. The fourth-order valence-electron chi connectivity index (χ4n) is 3.26. The van der Waals surface area contributed by atoms with Crippen LogP contribution in [0.1, 0.15) is 30.8 Å². The number of carbonyl (C=O) groups excluding carboxylic acids is 1. The summed E-state index contributed by atoms with van der Waals surface area (Å²) in [6, 6.07) is 0. The number of amides is 1. The Labute approximate surface area is 137 Å². The van der Waals surface area contributed by atoms with Crippen molar-refractivity contribution in [3.8, 4) is 0 Å². The molecule has 6 heteroatoms. The van der Waals surface area contributed by atoms with Crippen molar-refractivity contribution in [3.05, 3.63) is 17.0 Å². The van der Waals surface area contributed by atoms with Crippen molar-refractivity contribution in [2.24, 2.45) is 5.92 Å². The second-order valence-electron chi connectivity index (χ2n) is 6.61. The van der Waals surface area contributed by atoms with Gasteiger partial charge in [0.05, 0.1) is 18.9 Å². The molecule has 3 rings (SSSR count). The van der Waals surface area contributed by atoms with Crippen molar-refractivity contribution in [1.29, 1.82) is 0 Å². The first-order chi connectivity index (χ1) is 11.1. The highest BCUT2D eigenvalue weighted by molar-refractivity contribution is 5.78. The number of aromatic nitrogens is 2. The summed E-state index contributed by atoms with van der Waals surface area (Å²) in [5.41, 5.74) is 3.38. The fourth-order valence-corrected chi connectivity index (χ4v) is 3.26. The molecule has 1 fully saturated rings. The van der Waals surface area contributed by atoms with Gasteiger partial charge >= 0.3 is 0 Å². The summed E-state index contributed by atoms with van der Waals surface area (Å²) < 4.78 is 5.41. The molecule has 0 atom stereocenters. The van der Waals surface area contributed by atoms with Crippen molar-refractivity contribution < 1.29 is 9.53 Å². The number of hydrogen-bond donors (Lipinski definition) is 0. The molecule has 2 aliphatic rings. The van der Waals surface area contributed by atoms with E-state index in [2.05, 4.69) is 11.8 Å². The highest BCUT2D eigenvalue weighted by atomic mass is 16.5. The van der Waals surface area contributed by atoms with Crippen LogP contribution in [-0.4, -0.2) is 60.2 Å². The fraction of sp³-hybridized carbons (Fsp3) is 0.706. The van der Waals surface area contributed by atoms with E-state index in [-0.39, 0.29) is 11.8 Å². The third-order valence-corrected chi connectivity index (χ3v) is 4.64. The van der Waals surface area contributed by atoms with Gasteiger partial charge in [0.2, 0.25) is 11.9 Å². The summed E-state index contributed by atoms with van der Waals surface area (Å²) in [6.45, 7) is 10.7. The van der Waals surface area contributed by atoms with Gasteiger partial charge in [0.15, 0.2) is 0 Å². The normalized spacial score (nSPS) is 18.8. The summed E-state index contributed by atoms with van der Waals surface area (Å²) >= 11 is 0. The van der Waals surface area contributed by atoms with Crippen LogP contribution in [0.15, 0.2) is 0 Å². The van der Waals surface area contributed by atoms with Crippen molar-refractivity contribution in [2.45, 2.75) is 33.6 Å². The number of carbonyl (C=O) groups is 1. The Morgan fingerprint density at radius 3 is 2.48 bits per heavy atom. The molecule has 0 spiro atoms. The van der Waals surface area contributed by atoms with Crippen molar-refractivity contribution in [3.63, 3.8) is 0 Å². The van der Waals surface area contributed by atoms with Crippen LogP contribution in [0.25, 0.3) is 0 Å². The summed E-state index contributed by atoms with van der Waals surface area (Å²) in [7, 11) is 0. The Morgan fingerprint density at radius 2 is 1.78 bits per heavy atom. The molecule has 1 saturated heterocycles. The summed E-state index contributed by atoms with van der Waals surface area (Å²) in [5, 5.41) is 0. The van der Waals surface area contributed by atoms with Gasteiger partial charge in [-0.15, -0.1) is 0 Å². The molecule has 0 aliphatic carbocycles. The van der Waals surface area contributed by atoms with Gasteiger partial charge in [-0.05, 0) is 18.9 Å². The minimum Gasteiger partial charge on any atom is -0.378 e. The average molecular weight is 318 g/mol. The predicted octanol–water partition coefficient (Wildman–Crippen LogP) is 1.20. The highest BCUT2D eigenvalue weighted by Gasteiger charge is 2.24. The topological polar surface area (TPSA) is 58.6 Å². The number of hydrogen-bond acceptors (Lipinski definition) is 5. The lowest BCUT2D eigenvalue weighted by Gasteiger charge is -2.27. The zero-order valence-electron chi connectivity index (χ0n) is 14.3. The number of aryl methyl sites for hydroxylation is 1. The van der Waals surface area contributed by atoms with Gasteiger partial charge in [0, 0.05) is 44.2 Å². The van der Waals surface area contributed by atoms with Crippen LogP contribution in [0.4, 0.5) is 5.95 Å². The van der Waals surface area contributed by atoms with Crippen LogP contribution in [0.2, 0.25) is 0 Å². The van der Waals surface area contributed by atoms with Gasteiger partial charge in [0.1, 0.15) is 0 Å². The molecule has 0 saturated carbocycles. The predicted molar refractivity (Wildman–Crippen MR) is 88.6 cm³/mol. The zero-order valence-corrected chi connectivity index (χ0v) is 14.3. The van der Waals surface area contributed by atoms with E-state index in [1.54, 1.807) is 0 Å². The highest BCUT2D eigenvalue weighted by Crippen LogP contribution is 2.21. The molecular weight excluding hydrogens is 292 g/mol. The first kappa shape index (κ1) is 16.2. The van der Waals surface area contributed by atoms with Gasteiger partial charge < -0.3 is 14.5 Å². The maximum atomic E-state index is 12.3. The molecule has 23 heavy (non-hydrogen) atoms. The van der Waals surface area contributed by atoms with Crippen LogP contribution < -0.4 is 4.90 Å². The lowest BCUT2D eigenvalue weighted by atomic mass is 10.1. The Hall–Kier alpha value is -1.69. The van der Waals surface area contributed by atoms with Crippen molar-refractivity contribution >= 4 is 11.9 Å². The SMILES string of the molecule is Cc1nc(N2CCOCC2)nc2c1CCN(C(=O)C(C)C)CC2. The van der Waals surface area contributed by atoms with Crippen molar-refractivity contribution in [1.82, 2.24) is 14.9 Å². The maximum absolute atomic E-state index is 12.3. The van der Waals surface area contributed by atoms with Gasteiger partial charge in [-0.3, -0.25) is 4.79 Å². The van der Waals surface area contributed by atoms with Crippen LogP contribution in [-0.2, 0) is 22.4 Å². The van der Waals surface area contributed by atoms with Crippen LogP contribution in [0.3, 0.4) is 0 Å². The molecule has 2 aliphatic heterocycles. The Bertz CT molecular complexity index is 582. The molecule has 1 amide bonds. The number of fused-ring (bicyclic) bond motifs is 1. The second-order valence-corrected chi connectivity index (χ2v) is 6.61. The third kappa shape index (κ3) is 3.47. The van der Waals surface area contributed by atoms with E-state index in [4.69, 9.17) is 14.7 Å². The van der Waals surface area contributed by atoms with Crippen molar-refractivity contribution in [2.75, 3.05) is 44.3 Å². The lowest BCUT2D eigenvalue weighted by Crippen LogP contribution is -2.37.